The monoisotopic (exact) mass is 382 g/mol. The third kappa shape index (κ3) is 4.26. The average molecular weight is 382 g/mol. The molecule has 148 valence electrons. The summed E-state index contributed by atoms with van der Waals surface area (Å²) < 4.78 is 19.7. The molecule has 2 aliphatic heterocycles. The molecule has 4 rings (SSSR count). The van der Waals surface area contributed by atoms with E-state index in [2.05, 4.69) is 36.1 Å². The van der Waals surface area contributed by atoms with Gasteiger partial charge in [-0.05, 0) is 56.5 Å². The van der Waals surface area contributed by atoms with Crippen LogP contribution in [0, 0.1) is 12.7 Å². The van der Waals surface area contributed by atoms with E-state index in [4.69, 9.17) is 4.74 Å². The second-order valence-corrected chi connectivity index (χ2v) is 8.05. The molecule has 2 aliphatic rings. The summed E-state index contributed by atoms with van der Waals surface area (Å²) in [4.78, 5) is 16.6. The Balaban J connectivity index is 1.44. The Kier molecular flexibility index (Phi) is 5.47. The number of carbonyl (C=O) groups is 1. The highest BCUT2D eigenvalue weighted by Crippen LogP contribution is 2.33. The molecule has 0 saturated carbocycles. The van der Waals surface area contributed by atoms with Crippen LogP contribution in [0.4, 0.5) is 10.1 Å². The Morgan fingerprint density at radius 1 is 1.11 bits per heavy atom. The van der Waals surface area contributed by atoms with Crippen molar-refractivity contribution < 1.29 is 13.9 Å². The Hall–Kier alpha value is -2.24. The number of benzene rings is 2. The minimum atomic E-state index is -0.345. The molecule has 5 heteroatoms. The van der Waals surface area contributed by atoms with Gasteiger partial charge >= 0.3 is 0 Å². The number of amides is 1. The zero-order valence-corrected chi connectivity index (χ0v) is 16.4. The number of carbonyl (C=O) groups excluding carboxylic acids is 1. The van der Waals surface area contributed by atoms with E-state index in [1.54, 1.807) is 17.0 Å². The molecule has 28 heavy (non-hydrogen) atoms. The molecular weight excluding hydrogens is 355 g/mol. The zero-order valence-electron chi connectivity index (χ0n) is 16.4. The minimum absolute atomic E-state index is 0.0640. The number of hydrogen-bond acceptors (Lipinski definition) is 3. The number of aryl methyl sites for hydroxylation is 1. The number of rotatable bonds is 3. The van der Waals surface area contributed by atoms with Crippen LogP contribution < -0.4 is 4.90 Å². The van der Waals surface area contributed by atoms with Crippen molar-refractivity contribution in [2.75, 3.05) is 31.1 Å². The van der Waals surface area contributed by atoms with Gasteiger partial charge in [0.1, 0.15) is 12.4 Å². The van der Waals surface area contributed by atoms with Gasteiger partial charge in [0.2, 0.25) is 0 Å². The standard InChI is InChI=1S/C23H27FN2O2/c1-18-6-8-19(9-7-18)15-25-12-3-10-23(11-13-25)17-26(22(27)16-28-23)21-5-2-4-20(24)14-21/h2,4-9,14H,3,10-13,15-17H2,1H3. The lowest BCUT2D eigenvalue weighted by molar-refractivity contribution is -0.140. The van der Waals surface area contributed by atoms with Gasteiger partial charge in [-0.25, -0.2) is 4.39 Å². The SMILES string of the molecule is Cc1ccc(CN2CCCC3(CC2)CN(c2cccc(F)c2)C(=O)CO3)cc1. The van der Waals surface area contributed by atoms with Crippen molar-refractivity contribution in [1.29, 1.82) is 0 Å². The fraction of sp³-hybridized carbons (Fsp3) is 0.435. The maximum absolute atomic E-state index is 13.7. The molecule has 1 unspecified atom stereocenters. The second-order valence-electron chi connectivity index (χ2n) is 8.05. The van der Waals surface area contributed by atoms with Crippen molar-refractivity contribution in [2.24, 2.45) is 0 Å². The molecule has 1 atom stereocenters. The summed E-state index contributed by atoms with van der Waals surface area (Å²) in [5, 5.41) is 0. The fourth-order valence-corrected chi connectivity index (χ4v) is 4.23. The summed E-state index contributed by atoms with van der Waals surface area (Å²) >= 11 is 0. The molecule has 2 aromatic rings. The van der Waals surface area contributed by atoms with Crippen molar-refractivity contribution in [3.05, 3.63) is 65.5 Å². The molecule has 0 aliphatic carbocycles. The summed E-state index contributed by atoms with van der Waals surface area (Å²) in [6, 6.07) is 15.0. The zero-order chi connectivity index (χ0) is 19.6. The van der Waals surface area contributed by atoms with Crippen LogP contribution in [0.15, 0.2) is 48.5 Å². The predicted octanol–water partition coefficient (Wildman–Crippen LogP) is 3.92. The number of halogens is 1. The van der Waals surface area contributed by atoms with Gasteiger partial charge in [-0.3, -0.25) is 9.69 Å². The van der Waals surface area contributed by atoms with Crippen molar-refractivity contribution in [3.63, 3.8) is 0 Å². The van der Waals surface area contributed by atoms with Crippen molar-refractivity contribution >= 4 is 11.6 Å². The first-order valence-corrected chi connectivity index (χ1v) is 10.0. The van der Waals surface area contributed by atoms with E-state index in [0.717, 1.165) is 38.9 Å². The highest BCUT2D eigenvalue weighted by atomic mass is 19.1. The Morgan fingerprint density at radius 2 is 1.93 bits per heavy atom. The summed E-state index contributed by atoms with van der Waals surface area (Å²) in [6.07, 6.45) is 2.81. The molecule has 2 aromatic carbocycles. The topological polar surface area (TPSA) is 32.8 Å². The van der Waals surface area contributed by atoms with Gasteiger partial charge < -0.3 is 9.64 Å². The van der Waals surface area contributed by atoms with Gasteiger partial charge in [-0.2, -0.15) is 0 Å². The van der Waals surface area contributed by atoms with Gasteiger partial charge in [0, 0.05) is 18.8 Å². The maximum Gasteiger partial charge on any atom is 0.253 e. The number of nitrogens with zero attached hydrogens (tertiary/aromatic N) is 2. The molecular formula is C23H27FN2O2. The highest BCUT2D eigenvalue weighted by Gasteiger charge is 2.41. The van der Waals surface area contributed by atoms with Crippen LogP contribution in [0.25, 0.3) is 0 Å². The van der Waals surface area contributed by atoms with Crippen molar-refractivity contribution in [2.45, 2.75) is 38.3 Å². The van der Waals surface area contributed by atoms with Crippen LogP contribution in [0.5, 0.6) is 0 Å². The molecule has 2 fully saturated rings. The van der Waals surface area contributed by atoms with Crippen LogP contribution in [0.1, 0.15) is 30.4 Å². The normalized spacial score (nSPS) is 23.8. The molecule has 0 radical (unpaired) electrons. The largest absolute Gasteiger partial charge is 0.363 e. The minimum Gasteiger partial charge on any atom is -0.363 e. The summed E-state index contributed by atoms with van der Waals surface area (Å²) in [7, 11) is 0. The molecule has 0 bridgehead atoms. The first-order valence-electron chi connectivity index (χ1n) is 10.0. The van der Waals surface area contributed by atoms with Gasteiger partial charge in [0.15, 0.2) is 0 Å². The molecule has 4 nitrogen and oxygen atoms in total. The van der Waals surface area contributed by atoms with Crippen LogP contribution in [-0.2, 0) is 16.1 Å². The molecule has 2 heterocycles. The van der Waals surface area contributed by atoms with Gasteiger partial charge in [0.25, 0.3) is 5.91 Å². The van der Waals surface area contributed by atoms with E-state index in [0.29, 0.717) is 12.2 Å². The Labute approximate surface area is 165 Å². The fourth-order valence-electron chi connectivity index (χ4n) is 4.23. The molecule has 1 spiro atoms. The Morgan fingerprint density at radius 3 is 2.71 bits per heavy atom. The lowest BCUT2D eigenvalue weighted by atomic mass is 9.92. The van der Waals surface area contributed by atoms with E-state index in [1.807, 2.05) is 0 Å². The second kappa shape index (κ2) is 8.02. The summed E-state index contributed by atoms with van der Waals surface area (Å²) in [5.74, 6) is -0.423. The van der Waals surface area contributed by atoms with Crippen LogP contribution in [-0.4, -0.2) is 42.6 Å². The smallest absolute Gasteiger partial charge is 0.253 e. The molecule has 0 aromatic heterocycles. The van der Waals surface area contributed by atoms with Gasteiger partial charge in [-0.15, -0.1) is 0 Å². The molecule has 0 N–H and O–H groups in total. The summed E-state index contributed by atoms with van der Waals surface area (Å²) in [5.41, 5.74) is 2.87. The van der Waals surface area contributed by atoms with Crippen molar-refractivity contribution in [1.82, 2.24) is 4.90 Å². The van der Waals surface area contributed by atoms with Gasteiger partial charge in [0.05, 0.1) is 12.1 Å². The van der Waals surface area contributed by atoms with Crippen LogP contribution in [0.2, 0.25) is 0 Å². The number of anilines is 1. The highest BCUT2D eigenvalue weighted by molar-refractivity contribution is 5.95. The average Bonchev–Trinajstić information content (AvgIpc) is 2.88. The quantitative estimate of drug-likeness (QED) is 0.807. The van der Waals surface area contributed by atoms with Crippen molar-refractivity contribution in [3.8, 4) is 0 Å². The first-order chi connectivity index (χ1) is 13.5. The van der Waals surface area contributed by atoms with E-state index < -0.39 is 0 Å². The lowest BCUT2D eigenvalue weighted by Crippen LogP contribution is -2.55. The number of hydrogen-bond donors (Lipinski definition) is 0. The molecule has 2 saturated heterocycles. The van der Waals surface area contributed by atoms with E-state index >= 15 is 0 Å². The number of morpholine rings is 1. The maximum atomic E-state index is 13.7. The number of ether oxygens (including phenoxy) is 1. The third-order valence-electron chi connectivity index (χ3n) is 5.89. The summed E-state index contributed by atoms with van der Waals surface area (Å²) in [6.45, 7) is 5.54. The first kappa shape index (κ1) is 19.1. The van der Waals surface area contributed by atoms with E-state index in [-0.39, 0.29) is 23.9 Å². The predicted molar refractivity (Wildman–Crippen MR) is 108 cm³/mol. The third-order valence-corrected chi connectivity index (χ3v) is 5.89. The van der Waals surface area contributed by atoms with Crippen LogP contribution in [0.3, 0.4) is 0 Å². The van der Waals surface area contributed by atoms with Gasteiger partial charge in [-0.1, -0.05) is 35.9 Å². The van der Waals surface area contributed by atoms with E-state index in [9.17, 15) is 9.18 Å². The van der Waals surface area contributed by atoms with Crippen LogP contribution >= 0.6 is 0 Å². The Bertz CT molecular complexity index is 839. The van der Waals surface area contributed by atoms with E-state index in [1.165, 1.54) is 23.3 Å². The number of likely N-dealkylation sites (tertiary alicyclic amines) is 1. The molecule has 1 amide bonds. The lowest BCUT2D eigenvalue weighted by Gasteiger charge is -2.42.